The average Bonchev–Trinajstić information content (AvgIpc) is 2.76. The van der Waals surface area contributed by atoms with Crippen LogP contribution < -0.4 is 0 Å². The summed E-state index contributed by atoms with van der Waals surface area (Å²) < 4.78 is 17.3. The molecule has 156 valence electrons. The third-order valence-corrected chi connectivity index (χ3v) is 4.96. The number of benzene rings is 2. The normalized spacial score (nSPS) is 29.8. The van der Waals surface area contributed by atoms with E-state index < -0.39 is 36.6 Å². The number of rotatable bonds is 8. The van der Waals surface area contributed by atoms with E-state index in [0.29, 0.717) is 0 Å². The van der Waals surface area contributed by atoms with Gasteiger partial charge in [-0.3, -0.25) is 0 Å². The van der Waals surface area contributed by atoms with Crippen LogP contribution in [0.1, 0.15) is 18.1 Å². The molecule has 1 aliphatic rings. The summed E-state index contributed by atoms with van der Waals surface area (Å²) in [6.07, 6.45) is -3.50. The molecule has 0 radical (unpaired) electrons. The number of ether oxygens (including phenoxy) is 3. The van der Waals surface area contributed by atoms with Gasteiger partial charge in [0.25, 0.3) is 0 Å². The molecule has 0 amide bonds. The number of hydrogen-bond acceptors (Lipinski definition) is 6. The maximum Gasteiger partial charge on any atom is 0.155 e. The average molecular weight is 400 g/mol. The van der Waals surface area contributed by atoms with Crippen LogP contribution in [0.4, 0.5) is 0 Å². The van der Waals surface area contributed by atoms with Crippen molar-refractivity contribution in [2.24, 2.45) is 0 Å². The van der Waals surface area contributed by atoms with E-state index in [9.17, 15) is 15.3 Å². The first-order valence-electron chi connectivity index (χ1n) is 9.73. The summed E-state index contributed by atoms with van der Waals surface area (Å²) in [6, 6.07) is 18.9. The molecule has 2 aromatic carbocycles. The molecule has 6 nitrogen and oxygen atoms in total. The Morgan fingerprint density at radius 1 is 0.690 bits per heavy atom. The van der Waals surface area contributed by atoms with Gasteiger partial charge in [0.2, 0.25) is 0 Å². The lowest BCUT2D eigenvalue weighted by atomic mass is 9.84. The second kappa shape index (κ2) is 10.5. The van der Waals surface area contributed by atoms with E-state index >= 15 is 0 Å². The van der Waals surface area contributed by atoms with Gasteiger partial charge in [0.15, 0.2) is 6.10 Å². The van der Waals surface area contributed by atoms with Crippen molar-refractivity contribution in [2.75, 3.05) is 0 Å². The molecule has 1 saturated carbocycles. The molecule has 1 aliphatic carbocycles. The zero-order valence-corrected chi connectivity index (χ0v) is 16.4. The molecule has 0 bridgehead atoms. The molecule has 0 heterocycles. The smallest absolute Gasteiger partial charge is 0.155 e. The number of allylic oxidation sites excluding steroid dienone is 1. The van der Waals surface area contributed by atoms with Gasteiger partial charge < -0.3 is 29.5 Å². The van der Waals surface area contributed by atoms with Crippen LogP contribution in [0.5, 0.6) is 0 Å². The number of hydrogen-bond donors (Lipinski definition) is 3. The Morgan fingerprint density at radius 2 is 1.17 bits per heavy atom. The fourth-order valence-electron chi connectivity index (χ4n) is 3.42. The molecule has 1 fully saturated rings. The molecule has 0 unspecified atom stereocenters. The van der Waals surface area contributed by atoms with Gasteiger partial charge >= 0.3 is 0 Å². The van der Waals surface area contributed by atoms with E-state index in [-0.39, 0.29) is 13.2 Å². The first kappa shape index (κ1) is 21.5. The van der Waals surface area contributed by atoms with Gasteiger partial charge in [-0.1, -0.05) is 66.7 Å². The molecule has 0 aromatic heterocycles. The van der Waals surface area contributed by atoms with E-state index in [1.807, 2.05) is 60.7 Å². The molecular formula is C23H28O6. The van der Waals surface area contributed by atoms with Gasteiger partial charge in [0.05, 0.1) is 19.5 Å². The van der Waals surface area contributed by atoms with Crippen molar-refractivity contribution in [1.82, 2.24) is 0 Å². The van der Waals surface area contributed by atoms with E-state index in [4.69, 9.17) is 14.2 Å². The van der Waals surface area contributed by atoms with Gasteiger partial charge in [0.1, 0.15) is 30.5 Å². The molecule has 2 aromatic rings. The summed E-state index contributed by atoms with van der Waals surface area (Å²) in [5.41, 5.74) is 1.81. The highest BCUT2D eigenvalue weighted by Crippen LogP contribution is 2.29. The highest BCUT2D eigenvalue weighted by atomic mass is 16.6. The first-order valence-corrected chi connectivity index (χ1v) is 9.73. The minimum Gasteiger partial charge on any atom is -0.493 e. The Hall–Kier alpha value is -2.22. The SMILES string of the molecule is C/C=C\O[C@@H]1[C@@H](O)[C@H](OCc2ccccc2)[C@@H](O)[C@H](O)[C@H]1OCc1ccccc1. The Kier molecular flexibility index (Phi) is 7.80. The fourth-order valence-corrected chi connectivity index (χ4v) is 3.42. The van der Waals surface area contributed by atoms with Crippen LogP contribution in [0.3, 0.4) is 0 Å². The van der Waals surface area contributed by atoms with Crippen LogP contribution in [-0.2, 0) is 27.4 Å². The maximum atomic E-state index is 10.9. The van der Waals surface area contributed by atoms with Crippen LogP contribution in [0.25, 0.3) is 0 Å². The Morgan fingerprint density at radius 3 is 1.69 bits per heavy atom. The minimum atomic E-state index is -1.32. The predicted octanol–water partition coefficient (Wildman–Crippen LogP) is 2.17. The molecular weight excluding hydrogens is 372 g/mol. The molecule has 3 N–H and O–H groups in total. The Bertz CT molecular complexity index is 750. The highest BCUT2D eigenvalue weighted by Gasteiger charge is 2.51. The van der Waals surface area contributed by atoms with Crippen molar-refractivity contribution >= 4 is 0 Å². The molecule has 0 aliphatic heterocycles. The lowest BCUT2D eigenvalue weighted by Gasteiger charge is -2.44. The summed E-state index contributed by atoms with van der Waals surface area (Å²) in [6.45, 7) is 2.19. The number of aliphatic hydroxyl groups is 3. The molecule has 0 spiro atoms. The van der Waals surface area contributed by atoms with Crippen molar-refractivity contribution in [1.29, 1.82) is 0 Å². The van der Waals surface area contributed by atoms with Crippen molar-refractivity contribution < 1.29 is 29.5 Å². The van der Waals surface area contributed by atoms with E-state index in [0.717, 1.165) is 11.1 Å². The summed E-state index contributed by atoms with van der Waals surface area (Å²) in [5, 5.41) is 32.2. The van der Waals surface area contributed by atoms with Crippen LogP contribution in [0.15, 0.2) is 73.0 Å². The zero-order valence-electron chi connectivity index (χ0n) is 16.4. The lowest BCUT2D eigenvalue weighted by molar-refractivity contribution is -0.251. The molecule has 0 saturated heterocycles. The first-order chi connectivity index (χ1) is 14.1. The second-order valence-electron chi connectivity index (χ2n) is 7.06. The predicted molar refractivity (Wildman–Crippen MR) is 108 cm³/mol. The van der Waals surface area contributed by atoms with Gasteiger partial charge in [-0.25, -0.2) is 0 Å². The minimum absolute atomic E-state index is 0.193. The van der Waals surface area contributed by atoms with Crippen LogP contribution in [-0.4, -0.2) is 51.9 Å². The number of aliphatic hydroxyl groups excluding tert-OH is 3. The molecule has 29 heavy (non-hydrogen) atoms. The standard InChI is InChI=1S/C23H28O6/c1-2-13-27-23-20(26)21(28-14-16-9-5-3-6-10-16)18(24)19(25)22(23)29-15-17-11-7-4-8-12-17/h2-13,18-26H,14-15H2,1H3/b13-2-/t18-,19-,20-,21+,22+,23+/m0/s1. The van der Waals surface area contributed by atoms with Crippen LogP contribution in [0.2, 0.25) is 0 Å². The van der Waals surface area contributed by atoms with E-state index in [1.54, 1.807) is 13.0 Å². The zero-order chi connectivity index (χ0) is 20.6. The van der Waals surface area contributed by atoms with Gasteiger partial charge in [-0.2, -0.15) is 0 Å². The molecule has 6 heteroatoms. The van der Waals surface area contributed by atoms with E-state index in [2.05, 4.69) is 0 Å². The summed E-state index contributed by atoms with van der Waals surface area (Å²) >= 11 is 0. The van der Waals surface area contributed by atoms with Crippen LogP contribution in [0, 0.1) is 0 Å². The third-order valence-electron chi connectivity index (χ3n) is 4.96. The second-order valence-corrected chi connectivity index (χ2v) is 7.06. The summed E-state index contributed by atoms with van der Waals surface area (Å²) in [7, 11) is 0. The van der Waals surface area contributed by atoms with Crippen molar-refractivity contribution in [3.63, 3.8) is 0 Å². The fraction of sp³-hybridized carbons (Fsp3) is 0.391. The van der Waals surface area contributed by atoms with Crippen molar-refractivity contribution in [3.05, 3.63) is 84.1 Å². The summed E-state index contributed by atoms with van der Waals surface area (Å²) in [5.74, 6) is 0. The largest absolute Gasteiger partial charge is 0.493 e. The monoisotopic (exact) mass is 400 g/mol. The maximum absolute atomic E-state index is 10.9. The Balaban J connectivity index is 1.72. The Labute approximate surface area is 171 Å². The van der Waals surface area contributed by atoms with Crippen LogP contribution >= 0.6 is 0 Å². The quantitative estimate of drug-likeness (QED) is 0.589. The van der Waals surface area contributed by atoms with E-state index in [1.165, 1.54) is 6.26 Å². The molecule has 3 rings (SSSR count). The topological polar surface area (TPSA) is 88.4 Å². The lowest BCUT2D eigenvalue weighted by Crippen LogP contribution is -2.65. The van der Waals surface area contributed by atoms with Gasteiger partial charge in [0, 0.05) is 0 Å². The van der Waals surface area contributed by atoms with Gasteiger partial charge in [-0.15, -0.1) is 0 Å². The highest BCUT2D eigenvalue weighted by molar-refractivity contribution is 5.15. The third kappa shape index (κ3) is 5.44. The van der Waals surface area contributed by atoms with Gasteiger partial charge in [-0.05, 0) is 18.1 Å². The molecule has 6 atom stereocenters. The van der Waals surface area contributed by atoms with Crippen molar-refractivity contribution in [2.45, 2.75) is 56.8 Å². The summed E-state index contributed by atoms with van der Waals surface area (Å²) in [4.78, 5) is 0. The van der Waals surface area contributed by atoms with Crippen molar-refractivity contribution in [3.8, 4) is 0 Å².